The average molecular weight is 222 g/mol. The van der Waals surface area contributed by atoms with Crippen LogP contribution in [0.5, 0.6) is 0 Å². The van der Waals surface area contributed by atoms with Crippen molar-refractivity contribution in [1.29, 1.82) is 0 Å². The topological polar surface area (TPSA) is 29.9 Å². The first kappa shape index (κ1) is 13.2. The molecule has 82 valence electrons. The predicted molar refractivity (Wildman–Crippen MR) is 59.0 cm³/mol. The zero-order valence-corrected chi connectivity index (χ0v) is 9.40. The Morgan fingerprint density at radius 2 is 2.29 bits per heavy atom. The van der Waals surface area contributed by atoms with E-state index in [1.54, 1.807) is 10.9 Å². The van der Waals surface area contributed by atoms with Gasteiger partial charge in [-0.1, -0.05) is 6.92 Å². The first-order valence-corrected chi connectivity index (χ1v) is 4.61. The first-order chi connectivity index (χ1) is 6.29. The van der Waals surface area contributed by atoms with Crippen LogP contribution in [-0.2, 0) is 6.54 Å². The zero-order valence-electron chi connectivity index (χ0n) is 8.59. The van der Waals surface area contributed by atoms with Gasteiger partial charge in [0.15, 0.2) is 0 Å². The standard InChI is InChI=1S/C9H16FN3.ClH/c1-3-5-11-9-7-12-13(6-4-10)8(9)2;/h7,11H,3-6H2,1-2H3;1H. The van der Waals surface area contributed by atoms with Crippen molar-refractivity contribution in [2.75, 3.05) is 18.5 Å². The number of anilines is 1. The largest absolute Gasteiger partial charge is 0.382 e. The van der Waals surface area contributed by atoms with Gasteiger partial charge in [0.2, 0.25) is 0 Å². The monoisotopic (exact) mass is 221 g/mol. The molecule has 0 saturated carbocycles. The Morgan fingerprint density at radius 1 is 1.57 bits per heavy atom. The molecule has 0 aromatic carbocycles. The molecule has 5 heteroatoms. The Morgan fingerprint density at radius 3 is 2.86 bits per heavy atom. The lowest BCUT2D eigenvalue weighted by molar-refractivity contribution is 0.423. The van der Waals surface area contributed by atoms with Gasteiger partial charge in [0, 0.05) is 6.54 Å². The third kappa shape index (κ3) is 3.18. The number of nitrogens with zero attached hydrogens (tertiary/aromatic N) is 2. The number of rotatable bonds is 5. The van der Waals surface area contributed by atoms with Crippen molar-refractivity contribution in [1.82, 2.24) is 9.78 Å². The third-order valence-corrected chi connectivity index (χ3v) is 1.96. The van der Waals surface area contributed by atoms with Gasteiger partial charge in [0.05, 0.1) is 24.1 Å². The minimum absolute atomic E-state index is 0. The second kappa shape index (κ2) is 6.65. The molecule has 0 fully saturated rings. The molecule has 0 unspecified atom stereocenters. The molecule has 0 bridgehead atoms. The second-order valence-electron chi connectivity index (χ2n) is 2.98. The Bertz CT molecular complexity index is 263. The van der Waals surface area contributed by atoms with Gasteiger partial charge in [-0.05, 0) is 13.3 Å². The fourth-order valence-electron chi connectivity index (χ4n) is 1.19. The molecule has 3 nitrogen and oxygen atoms in total. The van der Waals surface area contributed by atoms with Crippen molar-refractivity contribution < 1.29 is 4.39 Å². The zero-order chi connectivity index (χ0) is 9.68. The number of nitrogens with one attached hydrogen (secondary N) is 1. The average Bonchev–Trinajstić information content (AvgIpc) is 2.46. The summed E-state index contributed by atoms with van der Waals surface area (Å²) < 4.78 is 13.7. The van der Waals surface area contributed by atoms with Gasteiger partial charge in [-0.2, -0.15) is 5.10 Å². The van der Waals surface area contributed by atoms with Crippen LogP contribution in [0.1, 0.15) is 19.0 Å². The van der Waals surface area contributed by atoms with Gasteiger partial charge in [0.25, 0.3) is 0 Å². The molecule has 0 aliphatic heterocycles. The van der Waals surface area contributed by atoms with E-state index in [9.17, 15) is 4.39 Å². The van der Waals surface area contributed by atoms with E-state index in [1.165, 1.54) is 0 Å². The lowest BCUT2D eigenvalue weighted by Crippen LogP contribution is -2.05. The molecule has 0 saturated heterocycles. The van der Waals surface area contributed by atoms with Gasteiger partial charge < -0.3 is 5.32 Å². The maximum Gasteiger partial charge on any atom is 0.109 e. The van der Waals surface area contributed by atoms with E-state index < -0.39 is 0 Å². The molecule has 1 aromatic heterocycles. The summed E-state index contributed by atoms with van der Waals surface area (Å²) in [7, 11) is 0. The Kier molecular flexibility index (Phi) is 6.28. The Labute approximate surface area is 90.1 Å². The van der Waals surface area contributed by atoms with Gasteiger partial charge in [-0.15, -0.1) is 12.4 Å². The SMILES string of the molecule is CCCNc1cnn(CCF)c1C.Cl. The van der Waals surface area contributed by atoms with Gasteiger partial charge >= 0.3 is 0 Å². The maximum atomic E-state index is 12.0. The van der Waals surface area contributed by atoms with Crippen LogP contribution >= 0.6 is 12.4 Å². The fraction of sp³-hybridized carbons (Fsp3) is 0.667. The lowest BCUT2D eigenvalue weighted by atomic mass is 10.3. The summed E-state index contributed by atoms with van der Waals surface area (Å²) in [6, 6.07) is 0. The Hall–Kier alpha value is -0.770. The molecule has 0 spiro atoms. The van der Waals surface area contributed by atoms with Gasteiger partial charge in [-0.25, -0.2) is 4.39 Å². The predicted octanol–water partition coefficient (Wildman–Crippen LogP) is 2.40. The minimum atomic E-state index is -0.365. The molecule has 1 N–H and O–H groups in total. The number of aromatic nitrogens is 2. The highest BCUT2D eigenvalue weighted by Gasteiger charge is 2.04. The smallest absolute Gasteiger partial charge is 0.109 e. The van der Waals surface area contributed by atoms with Crippen LogP contribution in [0.4, 0.5) is 10.1 Å². The molecular formula is C9H17ClFN3. The van der Waals surface area contributed by atoms with E-state index >= 15 is 0 Å². The van der Waals surface area contributed by atoms with E-state index in [4.69, 9.17) is 0 Å². The third-order valence-electron chi connectivity index (χ3n) is 1.96. The molecular weight excluding hydrogens is 205 g/mol. The van der Waals surface area contributed by atoms with Crippen molar-refractivity contribution in [3.05, 3.63) is 11.9 Å². The normalized spacial score (nSPS) is 9.64. The highest BCUT2D eigenvalue weighted by atomic mass is 35.5. The highest BCUT2D eigenvalue weighted by Crippen LogP contribution is 2.12. The van der Waals surface area contributed by atoms with Crippen LogP contribution in [0, 0.1) is 6.92 Å². The summed E-state index contributed by atoms with van der Waals surface area (Å²) in [4.78, 5) is 0. The summed E-state index contributed by atoms with van der Waals surface area (Å²) in [5.74, 6) is 0. The van der Waals surface area contributed by atoms with Crippen molar-refractivity contribution in [3.63, 3.8) is 0 Å². The molecule has 1 rings (SSSR count). The van der Waals surface area contributed by atoms with Crippen molar-refractivity contribution in [2.45, 2.75) is 26.8 Å². The summed E-state index contributed by atoms with van der Waals surface area (Å²) in [5.41, 5.74) is 2.02. The quantitative estimate of drug-likeness (QED) is 0.828. The first-order valence-electron chi connectivity index (χ1n) is 4.61. The highest BCUT2D eigenvalue weighted by molar-refractivity contribution is 5.85. The van der Waals surface area contributed by atoms with Gasteiger partial charge in [0.1, 0.15) is 6.67 Å². The second-order valence-corrected chi connectivity index (χ2v) is 2.98. The molecule has 0 radical (unpaired) electrons. The van der Waals surface area contributed by atoms with Crippen LogP contribution < -0.4 is 5.32 Å². The van der Waals surface area contributed by atoms with Crippen LogP contribution in [0.2, 0.25) is 0 Å². The lowest BCUT2D eigenvalue weighted by Gasteiger charge is -2.04. The van der Waals surface area contributed by atoms with Crippen LogP contribution in [0.15, 0.2) is 6.20 Å². The minimum Gasteiger partial charge on any atom is -0.382 e. The number of alkyl halides is 1. The molecule has 0 aliphatic rings. The molecule has 1 heterocycles. The number of hydrogen-bond donors (Lipinski definition) is 1. The summed E-state index contributed by atoms with van der Waals surface area (Å²) in [5, 5.41) is 7.31. The van der Waals surface area contributed by atoms with Crippen LogP contribution in [-0.4, -0.2) is 23.0 Å². The summed E-state index contributed by atoms with van der Waals surface area (Å²) in [6.07, 6.45) is 2.83. The van der Waals surface area contributed by atoms with Crippen LogP contribution in [0.25, 0.3) is 0 Å². The number of aryl methyl sites for hydroxylation is 1. The van der Waals surface area contributed by atoms with Crippen LogP contribution in [0.3, 0.4) is 0 Å². The van der Waals surface area contributed by atoms with Crippen molar-refractivity contribution >= 4 is 18.1 Å². The Balaban J connectivity index is 0.00000169. The molecule has 0 aliphatic carbocycles. The van der Waals surface area contributed by atoms with E-state index in [0.717, 1.165) is 24.3 Å². The van der Waals surface area contributed by atoms with Gasteiger partial charge in [-0.3, -0.25) is 4.68 Å². The number of halogens is 2. The number of hydrogen-bond acceptors (Lipinski definition) is 2. The van der Waals surface area contributed by atoms with E-state index in [1.807, 2.05) is 6.92 Å². The van der Waals surface area contributed by atoms with E-state index in [2.05, 4.69) is 17.3 Å². The fourth-order valence-corrected chi connectivity index (χ4v) is 1.19. The van der Waals surface area contributed by atoms with Crippen molar-refractivity contribution in [3.8, 4) is 0 Å². The summed E-state index contributed by atoms with van der Waals surface area (Å²) in [6.45, 7) is 4.96. The summed E-state index contributed by atoms with van der Waals surface area (Å²) >= 11 is 0. The molecule has 0 amide bonds. The molecule has 14 heavy (non-hydrogen) atoms. The maximum absolute atomic E-state index is 12.0. The van der Waals surface area contributed by atoms with Crippen molar-refractivity contribution in [2.24, 2.45) is 0 Å². The molecule has 1 aromatic rings. The van der Waals surface area contributed by atoms with E-state index in [-0.39, 0.29) is 19.1 Å². The molecule has 0 atom stereocenters. The van der Waals surface area contributed by atoms with E-state index in [0.29, 0.717) is 6.54 Å².